The summed E-state index contributed by atoms with van der Waals surface area (Å²) in [5, 5.41) is 9.72. The standard InChI is InChI=1S/C25H27N3O5/c1-31-19-10-11-22(32-2)20(13-19)23-14-21(28-33-23)25(30)26-15-16-6-5-9-18(12-16)27-24(29)17-7-3-4-8-17/h5-6,9-14,17H,3-4,7-8,15H2,1-2H3,(H,26,30)(H,27,29). The van der Waals surface area contributed by atoms with Crippen molar-refractivity contribution in [2.75, 3.05) is 19.5 Å². The number of amides is 2. The molecule has 2 aromatic carbocycles. The van der Waals surface area contributed by atoms with Crippen LogP contribution in [0.2, 0.25) is 0 Å². The number of rotatable bonds is 8. The van der Waals surface area contributed by atoms with E-state index in [1.165, 1.54) is 0 Å². The molecule has 0 aliphatic heterocycles. The summed E-state index contributed by atoms with van der Waals surface area (Å²) in [7, 11) is 3.12. The van der Waals surface area contributed by atoms with Gasteiger partial charge >= 0.3 is 0 Å². The van der Waals surface area contributed by atoms with Crippen LogP contribution in [0.1, 0.15) is 41.7 Å². The van der Waals surface area contributed by atoms with Crippen molar-refractivity contribution in [3.05, 3.63) is 59.8 Å². The van der Waals surface area contributed by atoms with E-state index in [0.29, 0.717) is 22.8 Å². The Labute approximate surface area is 192 Å². The molecule has 0 atom stereocenters. The molecule has 0 spiro atoms. The van der Waals surface area contributed by atoms with E-state index >= 15 is 0 Å². The van der Waals surface area contributed by atoms with Crippen LogP contribution >= 0.6 is 0 Å². The SMILES string of the molecule is COc1ccc(OC)c(-c2cc(C(=O)NCc3cccc(NC(=O)C4CCCC4)c3)no2)c1. The lowest BCUT2D eigenvalue weighted by molar-refractivity contribution is -0.119. The fourth-order valence-corrected chi connectivity index (χ4v) is 3.98. The number of benzene rings is 2. The van der Waals surface area contributed by atoms with Crippen LogP contribution in [0.15, 0.2) is 53.1 Å². The molecule has 4 rings (SSSR count). The second kappa shape index (κ2) is 10.2. The zero-order valence-corrected chi connectivity index (χ0v) is 18.7. The first kappa shape index (κ1) is 22.4. The molecular weight excluding hydrogens is 422 g/mol. The zero-order chi connectivity index (χ0) is 23.2. The molecule has 2 amide bonds. The number of methoxy groups -OCH3 is 2. The van der Waals surface area contributed by atoms with Gasteiger partial charge in [0, 0.05) is 24.2 Å². The molecule has 1 fully saturated rings. The van der Waals surface area contributed by atoms with E-state index in [9.17, 15) is 9.59 Å². The summed E-state index contributed by atoms with van der Waals surface area (Å²) in [6.45, 7) is 0.288. The van der Waals surface area contributed by atoms with Gasteiger partial charge in [0.25, 0.3) is 5.91 Å². The molecule has 8 heteroatoms. The molecule has 0 saturated heterocycles. The molecule has 172 valence electrons. The summed E-state index contributed by atoms with van der Waals surface area (Å²) >= 11 is 0. The van der Waals surface area contributed by atoms with Crippen molar-refractivity contribution in [3.63, 3.8) is 0 Å². The van der Waals surface area contributed by atoms with E-state index in [1.807, 2.05) is 24.3 Å². The number of anilines is 1. The topological polar surface area (TPSA) is 103 Å². The van der Waals surface area contributed by atoms with Gasteiger partial charge in [-0.3, -0.25) is 9.59 Å². The first-order valence-electron chi connectivity index (χ1n) is 10.9. The van der Waals surface area contributed by atoms with Crippen molar-refractivity contribution >= 4 is 17.5 Å². The molecule has 1 aromatic heterocycles. The molecule has 1 saturated carbocycles. The van der Waals surface area contributed by atoms with Crippen molar-refractivity contribution in [3.8, 4) is 22.8 Å². The van der Waals surface area contributed by atoms with Crippen molar-refractivity contribution in [2.24, 2.45) is 5.92 Å². The van der Waals surface area contributed by atoms with Gasteiger partial charge in [-0.25, -0.2) is 0 Å². The van der Waals surface area contributed by atoms with Gasteiger partial charge in [-0.2, -0.15) is 0 Å². The van der Waals surface area contributed by atoms with Crippen LogP contribution in [0.4, 0.5) is 5.69 Å². The highest BCUT2D eigenvalue weighted by Gasteiger charge is 2.22. The summed E-state index contributed by atoms with van der Waals surface area (Å²) in [5.41, 5.74) is 2.38. The maximum atomic E-state index is 12.6. The van der Waals surface area contributed by atoms with Crippen molar-refractivity contribution in [2.45, 2.75) is 32.2 Å². The van der Waals surface area contributed by atoms with Gasteiger partial charge in [-0.15, -0.1) is 0 Å². The van der Waals surface area contributed by atoms with E-state index in [0.717, 1.165) is 36.9 Å². The van der Waals surface area contributed by atoms with Gasteiger partial charge in [0.15, 0.2) is 11.5 Å². The highest BCUT2D eigenvalue weighted by atomic mass is 16.5. The van der Waals surface area contributed by atoms with Crippen LogP contribution in [0, 0.1) is 5.92 Å². The molecule has 1 heterocycles. The van der Waals surface area contributed by atoms with Crippen LogP contribution in [-0.2, 0) is 11.3 Å². The van der Waals surface area contributed by atoms with E-state index in [-0.39, 0.29) is 30.0 Å². The Hall–Kier alpha value is -3.81. The van der Waals surface area contributed by atoms with Crippen LogP contribution in [0.25, 0.3) is 11.3 Å². The highest BCUT2D eigenvalue weighted by molar-refractivity contribution is 5.94. The van der Waals surface area contributed by atoms with Crippen LogP contribution in [-0.4, -0.2) is 31.2 Å². The summed E-state index contributed by atoms with van der Waals surface area (Å²) in [6, 6.07) is 14.3. The predicted molar refractivity (Wildman–Crippen MR) is 123 cm³/mol. The van der Waals surface area contributed by atoms with Crippen molar-refractivity contribution in [1.82, 2.24) is 10.5 Å². The fourth-order valence-electron chi connectivity index (χ4n) is 3.98. The van der Waals surface area contributed by atoms with Crippen LogP contribution in [0.5, 0.6) is 11.5 Å². The molecule has 3 aromatic rings. The Bertz CT molecular complexity index is 1130. The molecule has 0 radical (unpaired) electrons. The average Bonchev–Trinajstić information content (AvgIpc) is 3.55. The van der Waals surface area contributed by atoms with Gasteiger partial charge in [0.2, 0.25) is 5.91 Å². The first-order valence-corrected chi connectivity index (χ1v) is 10.9. The molecule has 0 bridgehead atoms. The van der Waals surface area contributed by atoms with E-state index in [1.54, 1.807) is 38.5 Å². The van der Waals surface area contributed by atoms with Crippen molar-refractivity contribution < 1.29 is 23.6 Å². The third-order valence-electron chi connectivity index (χ3n) is 5.79. The molecule has 1 aliphatic carbocycles. The Kier molecular flexibility index (Phi) is 6.92. The van der Waals surface area contributed by atoms with E-state index in [2.05, 4.69) is 15.8 Å². The van der Waals surface area contributed by atoms with Gasteiger partial charge < -0.3 is 24.6 Å². The molecule has 2 N–H and O–H groups in total. The third-order valence-corrected chi connectivity index (χ3v) is 5.79. The quantitative estimate of drug-likeness (QED) is 0.528. The molecule has 0 unspecified atom stereocenters. The third kappa shape index (κ3) is 5.34. The second-order valence-corrected chi connectivity index (χ2v) is 8.00. The van der Waals surface area contributed by atoms with Crippen LogP contribution in [0.3, 0.4) is 0 Å². The fraction of sp³-hybridized carbons (Fsp3) is 0.320. The Balaban J connectivity index is 1.39. The number of carbonyl (C=O) groups is 2. The van der Waals surface area contributed by atoms with Gasteiger partial charge in [0.1, 0.15) is 11.5 Å². The minimum Gasteiger partial charge on any atom is -0.497 e. The van der Waals surface area contributed by atoms with Gasteiger partial charge in [-0.05, 0) is 48.7 Å². The highest BCUT2D eigenvalue weighted by Crippen LogP contribution is 2.33. The smallest absolute Gasteiger partial charge is 0.273 e. The molecular formula is C25H27N3O5. The summed E-state index contributed by atoms with van der Waals surface area (Å²) < 4.78 is 16.0. The summed E-state index contributed by atoms with van der Waals surface area (Å²) in [5.74, 6) is 1.40. The largest absolute Gasteiger partial charge is 0.497 e. The minimum absolute atomic E-state index is 0.0665. The maximum absolute atomic E-state index is 12.6. The monoisotopic (exact) mass is 449 g/mol. The molecule has 8 nitrogen and oxygen atoms in total. The Morgan fingerprint density at radius 2 is 1.88 bits per heavy atom. The average molecular weight is 450 g/mol. The van der Waals surface area contributed by atoms with Gasteiger partial charge in [0.05, 0.1) is 19.8 Å². The lowest BCUT2D eigenvalue weighted by atomic mass is 10.1. The number of nitrogens with zero attached hydrogens (tertiary/aromatic N) is 1. The van der Waals surface area contributed by atoms with Gasteiger partial charge in [-0.1, -0.05) is 30.1 Å². The normalized spacial score (nSPS) is 13.5. The summed E-state index contributed by atoms with van der Waals surface area (Å²) in [6.07, 6.45) is 4.11. The van der Waals surface area contributed by atoms with E-state index in [4.69, 9.17) is 14.0 Å². The first-order chi connectivity index (χ1) is 16.1. The number of hydrogen-bond acceptors (Lipinski definition) is 6. The Morgan fingerprint density at radius 1 is 1.06 bits per heavy atom. The number of carbonyl (C=O) groups excluding carboxylic acids is 2. The number of aromatic nitrogens is 1. The number of ether oxygens (including phenoxy) is 2. The summed E-state index contributed by atoms with van der Waals surface area (Å²) in [4.78, 5) is 25.0. The lowest BCUT2D eigenvalue weighted by Gasteiger charge is -2.11. The number of nitrogens with one attached hydrogen (secondary N) is 2. The molecule has 33 heavy (non-hydrogen) atoms. The number of hydrogen-bond donors (Lipinski definition) is 2. The Morgan fingerprint density at radius 3 is 2.64 bits per heavy atom. The van der Waals surface area contributed by atoms with Crippen molar-refractivity contribution in [1.29, 1.82) is 0 Å². The minimum atomic E-state index is -0.368. The zero-order valence-electron chi connectivity index (χ0n) is 18.7. The van der Waals surface area contributed by atoms with Crippen LogP contribution < -0.4 is 20.1 Å². The van der Waals surface area contributed by atoms with E-state index < -0.39 is 0 Å². The molecule has 1 aliphatic rings. The lowest BCUT2D eigenvalue weighted by Crippen LogP contribution is -2.23. The predicted octanol–water partition coefficient (Wildman–Crippen LogP) is 4.42. The maximum Gasteiger partial charge on any atom is 0.273 e. The second-order valence-electron chi connectivity index (χ2n) is 8.00.